The van der Waals surface area contributed by atoms with Crippen LogP contribution in [-0.2, 0) is 4.74 Å². The van der Waals surface area contributed by atoms with Gasteiger partial charge < -0.3 is 4.74 Å². The third-order valence-electron chi connectivity index (χ3n) is 2.74. The molecule has 0 aliphatic carbocycles. The van der Waals surface area contributed by atoms with Gasteiger partial charge in [-0.05, 0) is 25.7 Å². The van der Waals surface area contributed by atoms with Crippen molar-refractivity contribution in [3.8, 4) is 0 Å². The standard InChI is InChI=1S/C8H16O.C2H6/c1-5-6(2)8(4)9-7(5)3;1-2/h5-8H,1-4H3;1-2H3. The summed E-state index contributed by atoms with van der Waals surface area (Å²) in [5.41, 5.74) is 0. The summed E-state index contributed by atoms with van der Waals surface area (Å²) < 4.78 is 5.59. The molecule has 0 bridgehead atoms. The molecule has 1 rings (SSSR count). The molecular formula is C10H22O. The van der Waals surface area contributed by atoms with E-state index in [2.05, 4.69) is 27.7 Å². The first kappa shape index (κ1) is 11.0. The minimum absolute atomic E-state index is 0.468. The van der Waals surface area contributed by atoms with Crippen molar-refractivity contribution in [2.45, 2.75) is 53.8 Å². The van der Waals surface area contributed by atoms with Crippen LogP contribution >= 0.6 is 0 Å². The van der Waals surface area contributed by atoms with Crippen molar-refractivity contribution >= 4 is 0 Å². The molecule has 1 aliphatic rings. The Morgan fingerprint density at radius 3 is 1.09 bits per heavy atom. The Labute approximate surface area is 71.1 Å². The lowest BCUT2D eigenvalue weighted by molar-refractivity contribution is 0.0524. The summed E-state index contributed by atoms with van der Waals surface area (Å²) in [5.74, 6) is 1.47. The highest BCUT2D eigenvalue weighted by Gasteiger charge is 2.32. The molecule has 0 spiro atoms. The molecule has 1 heteroatoms. The Balaban J connectivity index is 0.000000461. The Kier molecular flexibility index (Phi) is 4.74. The van der Waals surface area contributed by atoms with Crippen molar-refractivity contribution in [1.82, 2.24) is 0 Å². The maximum atomic E-state index is 5.59. The van der Waals surface area contributed by atoms with E-state index in [-0.39, 0.29) is 0 Å². The van der Waals surface area contributed by atoms with Crippen LogP contribution < -0.4 is 0 Å². The molecule has 11 heavy (non-hydrogen) atoms. The SMILES string of the molecule is CC.CC1OC(C)C(C)C1C. The molecular weight excluding hydrogens is 136 g/mol. The average molecular weight is 158 g/mol. The number of hydrogen-bond donors (Lipinski definition) is 0. The van der Waals surface area contributed by atoms with Gasteiger partial charge in [0, 0.05) is 0 Å². The second kappa shape index (κ2) is 4.76. The zero-order valence-corrected chi connectivity index (χ0v) is 8.72. The fraction of sp³-hybridized carbons (Fsp3) is 1.00. The molecule has 1 heterocycles. The molecule has 1 nitrogen and oxygen atoms in total. The zero-order chi connectivity index (χ0) is 9.02. The average Bonchev–Trinajstić information content (AvgIpc) is 2.22. The van der Waals surface area contributed by atoms with E-state index in [1.165, 1.54) is 0 Å². The van der Waals surface area contributed by atoms with Crippen LogP contribution in [0.15, 0.2) is 0 Å². The third-order valence-corrected chi connectivity index (χ3v) is 2.74. The first-order valence-electron chi connectivity index (χ1n) is 4.78. The van der Waals surface area contributed by atoms with E-state index in [9.17, 15) is 0 Å². The predicted molar refractivity (Wildman–Crippen MR) is 49.7 cm³/mol. The van der Waals surface area contributed by atoms with Crippen molar-refractivity contribution in [3.63, 3.8) is 0 Å². The van der Waals surface area contributed by atoms with Gasteiger partial charge in [0.2, 0.25) is 0 Å². The highest BCUT2D eigenvalue weighted by atomic mass is 16.5. The molecule has 0 aromatic heterocycles. The Bertz CT molecular complexity index is 89.0. The molecule has 1 aliphatic heterocycles. The molecule has 0 amide bonds. The highest BCUT2D eigenvalue weighted by molar-refractivity contribution is 4.80. The van der Waals surface area contributed by atoms with Crippen molar-refractivity contribution in [1.29, 1.82) is 0 Å². The molecule has 0 aromatic carbocycles. The van der Waals surface area contributed by atoms with Crippen molar-refractivity contribution < 1.29 is 4.74 Å². The molecule has 4 unspecified atom stereocenters. The van der Waals surface area contributed by atoms with Crippen molar-refractivity contribution in [3.05, 3.63) is 0 Å². The largest absolute Gasteiger partial charge is 0.375 e. The predicted octanol–water partition coefficient (Wildman–Crippen LogP) is 3.09. The Morgan fingerprint density at radius 1 is 0.727 bits per heavy atom. The first-order valence-corrected chi connectivity index (χ1v) is 4.78. The van der Waals surface area contributed by atoms with Crippen LogP contribution in [0.4, 0.5) is 0 Å². The Morgan fingerprint density at radius 2 is 1.00 bits per heavy atom. The lowest BCUT2D eigenvalue weighted by Crippen LogP contribution is -2.12. The van der Waals surface area contributed by atoms with E-state index >= 15 is 0 Å². The third kappa shape index (κ3) is 2.48. The van der Waals surface area contributed by atoms with Crippen molar-refractivity contribution in [2.24, 2.45) is 11.8 Å². The molecule has 0 N–H and O–H groups in total. The minimum Gasteiger partial charge on any atom is -0.375 e. The molecule has 0 saturated carbocycles. The van der Waals surface area contributed by atoms with E-state index in [1.54, 1.807) is 0 Å². The summed E-state index contributed by atoms with van der Waals surface area (Å²) in [5, 5.41) is 0. The van der Waals surface area contributed by atoms with Crippen LogP contribution in [0.1, 0.15) is 41.5 Å². The molecule has 0 aromatic rings. The van der Waals surface area contributed by atoms with Gasteiger partial charge in [0.05, 0.1) is 12.2 Å². The van der Waals surface area contributed by atoms with E-state index in [0.717, 1.165) is 11.8 Å². The summed E-state index contributed by atoms with van der Waals surface area (Å²) >= 11 is 0. The molecule has 1 fully saturated rings. The van der Waals surface area contributed by atoms with Gasteiger partial charge in [-0.15, -0.1) is 0 Å². The van der Waals surface area contributed by atoms with E-state index < -0.39 is 0 Å². The summed E-state index contributed by atoms with van der Waals surface area (Å²) in [7, 11) is 0. The maximum Gasteiger partial charge on any atom is 0.0579 e. The summed E-state index contributed by atoms with van der Waals surface area (Å²) in [6.45, 7) is 12.8. The zero-order valence-electron chi connectivity index (χ0n) is 8.72. The number of rotatable bonds is 0. The van der Waals surface area contributed by atoms with Gasteiger partial charge >= 0.3 is 0 Å². The fourth-order valence-corrected chi connectivity index (χ4v) is 1.44. The smallest absolute Gasteiger partial charge is 0.0579 e. The summed E-state index contributed by atoms with van der Waals surface area (Å²) in [6.07, 6.45) is 0.935. The quantitative estimate of drug-likeness (QED) is 0.526. The maximum absolute atomic E-state index is 5.59. The van der Waals surface area contributed by atoms with Crippen LogP contribution in [0.25, 0.3) is 0 Å². The minimum atomic E-state index is 0.468. The monoisotopic (exact) mass is 158 g/mol. The highest BCUT2D eigenvalue weighted by Crippen LogP contribution is 2.30. The summed E-state index contributed by atoms with van der Waals surface area (Å²) in [6, 6.07) is 0. The van der Waals surface area contributed by atoms with Crippen LogP contribution in [-0.4, -0.2) is 12.2 Å². The van der Waals surface area contributed by atoms with Gasteiger partial charge in [-0.3, -0.25) is 0 Å². The van der Waals surface area contributed by atoms with Gasteiger partial charge in [0.15, 0.2) is 0 Å². The lowest BCUT2D eigenvalue weighted by atomic mass is 9.92. The van der Waals surface area contributed by atoms with Crippen LogP contribution in [0, 0.1) is 11.8 Å². The van der Waals surface area contributed by atoms with Gasteiger partial charge in [0.25, 0.3) is 0 Å². The van der Waals surface area contributed by atoms with Crippen molar-refractivity contribution in [2.75, 3.05) is 0 Å². The van der Waals surface area contributed by atoms with Crippen LogP contribution in [0.2, 0.25) is 0 Å². The van der Waals surface area contributed by atoms with Crippen LogP contribution in [0.5, 0.6) is 0 Å². The Hall–Kier alpha value is -0.0400. The first-order chi connectivity index (χ1) is 5.13. The second-order valence-electron chi connectivity index (χ2n) is 3.26. The molecule has 1 saturated heterocycles. The van der Waals surface area contributed by atoms with Gasteiger partial charge in [-0.25, -0.2) is 0 Å². The van der Waals surface area contributed by atoms with Gasteiger partial charge in [-0.2, -0.15) is 0 Å². The molecule has 0 radical (unpaired) electrons. The van der Waals surface area contributed by atoms with E-state index in [1.807, 2.05) is 13.8 Å². The normalized spacial score (nSPS) is 43.1. The fourth-order valence-electron chi connectivity index (χ4n) is 1.44. The number of ether oxygens (including phenoxy) is 1. The lowest BCUT2D eigenvalue weighted by Gasteiger charge is -2.10. The molecule has 68 valence electrons. The molecule has 4 atom stereocenters. The van der Waals surface area contributed by atoms with Gasteiger partial charge in [0.1, 0.15) is 0 Å². The second-order valence-corrected chi connectivity index (χ2v) is 3.26. The topological polar surface area (TPSA) is 9.23 Å². The van der Waals surface area contributed by atoms with Gasteiger partial charge in [-0.1, -0.05) is 27.7 Å². The van der Waals surface area contributed by atoms with E-state index in [0.29, 0.717) is 12.2 Å². The summed E-state index contributed by atoms with van der Waals surface area (Å²) in [4.78, 5) is 0. The number of hydrogen-bond acceptors (Lipinski definition) is 1. The van der Waals surface area contributed by atoms with Crippen LogP contribution in [0.3, 0.4) is 0 Å². The van der Waals surface area contributed by atoms with E-state index in [4.69, 9.17) is 4.74 Å².